The van der Waals surface area contributed by atoms with E-state index in [0.717, 1.165) is 30.2 Å². The molecule has 0 atom stereocenters. The van der Waals surface area contributed by atoms with Crippen LogP contribution in [0.25, 0.3) is 5.69 Å². The molecule has 6 nitrogen and oxygen atoms in total. The highest BCUT2D eigenvalue weighted by atomic mass is 16.1. The quantitative estimate of drug-likeness (QED) is 0.784. The number of hydrogen-bond donors (Lipinski definition) is 1. The van der Waals surface area contributed by atoms with Gasteiger partial charge in [0.05, 0.1) is 17.1 Å². The van der Waals surface area contributed by atoms with E-state index in [1.165, 1.54) is 25.6 Å². The Morgan fingerprint density at radius 3 is 2.46 bits per heavy atom. The van der Waals surface area contributed by atoms with Crippen molar-refractivity contribution in [2.24, 2.45) is 0 Å². The van der Waals surface area contributed by atoms with E-state index in [0.29, 0.717) is 5.56 Å². The largest absolute Gasteiger partial charge is 0.370 e. The lowest BCUT2D eigenvalue weighted by Gasteiger charge is -2.30. The van der Waals surface area contributed by atoms with Gasteiger partial charge in [-0.2, -0.15) is 5.10 Å². The van der Waals surface area contributed by atoms with Gasteiger partial charge in [0.2, 0.25) is 0 Å². The number of amides is 1. The second-order valence-corrected chi connectivity index (χ2v) is 6.41. The maximum Gasteiger partial charge on any atom is 0.255 e. The highest BCUT2D eigenvalue weighted by Gasteiger charge is 2.16. The number of carbonyl (C=O) groups is 1. The number of piperidine rings is 1. The fourth-order valence-electron chi connectivity index (χ4n) is 3.29. The second kappa shape index (κ2) is 7.39. The Morgan fingerprint density at radius 1 is 0.962 bits per heavy atom. The molecule has 1 aromatic heterocycles. The van der Waals surface area contributed by atoms with Crippen molar-refractivity contribution in [3.05, 3.63) is 66.7 Å². The van der Waals surface area contributed by atoms with E-state index in [-0.39, 0.29) is 5.91 Å². The van der Waals surface area contributed by atoms with Gasteiger partial charge in [-0.1, -0.05) is 12.1 Å². The lowest BCUT2D eigenvalue weighted by atomic mass is 10.1. The van der Waals surface area contributed by atoms with Crippen LogP contribution in [0.1, 0.15) is 29.6 Å². The molecular weight excluding hydrogens is 326 g/mol. The molecule has 0 aliphatic carbocycles. The molecule has 4 rings (SSSR count). The Bertz CT molecular complexity index is 867. The van der Waals surface area contributed by atoms with Gasteiger partial charge in [0.1, 0.15) is 12.7 Å². The van der Waals surface area contributed by atoms with Crippen LogP contribution in [0.2, 0.25) is 0 Å². The van der Waals surface area contributed by atoms with Gasteiger partial charge in [-0.05, 0) is 55.7 Å². The fraction of sp³-hybridized carbons (Fsp3) is 0.250. The SMILES string of the molecule is O=C(Nc1ccccc1N1CCCCC1)c1ccc(-n2cncn2)cc1. The van der Waals surface area contributed by atoms with E-state index in [4.69, 9.17) is 0 Å². The molecule has 132 valence electrons. The van der Waals surface area contributed by atoms with Crippen LogP contribution in [0.5, 0.6) is 0 Å². The maximum absolute atomic E-state index is 12.7. The number of nitrogens with zero attached hydrogens (tertiary/aromatic N) is 4. The molecule has 0 unspecified atom stereocenters. The Kier molecular flexibility index (Phi) is 4.64. The molecule has 0 radical (unpaired) electrons. The summed E-state index contributed by atoms with van der Waals surface area (Å²) in [4.78, 5) is 19.0. The molecule has 0 saturated carbocycles. The zero-order valence-corrected chi connectivity index (χ0v) is 14.5. The number of anilines is 2. The minimum atomic E-state index is -0.111. The smallest absolute Gasteiger partial charge is 0.255 e. The molecule has 6 heteroatoms. The second-order valence-electron chi connectivity index (χ2n) is 6.41. The normalized spacial score (nSPS) is 14.2. The van der Waals surface area contributed by atoms with Gasteiger partial charge in [-0.3, -0.25) is 4.79 Å². The number of aromatic nitrogens is 3. The van der Waals surface area contributed by atoms with Gasteiger partial charge in [0.25, 0.3) is 5.91 Å². The Balaban J connectivity index is 1.51. The van der Waals surface area contributed by atoms with Crippen molar-refractivity contribution in [2.45, 2.75) is 19.3 Å². The zero-order valence-electron chi connectivity index (χ0n) is 14.5. The van der Waals surface area contributed by atoms with E-state index in [1.807, 2.05) is 30.3 Å². The predicted octanol–water partition coefficient (Wildman–Crippen LogP) is 3.51. The summed E-state index contributed by atoms with van der Waals surface area (Å²) in [5.74, 6) is -0.111. The number of para-hydroxylation sites is 2. The Hall–Kier alpha value is -3.15. The van der Waals surface area contributed by atoms with Crippen molar-refractivity contribution in [3.63, 3.8) is 0 Å². The minimum absolute atomic E-state index is 0.111. The van der Waals surface area contributed by atoms with Gasteiger partial charge in [-0.15, -0.1) is 0 Å². The predicted molar refractivity (Wildman–Crippen MR) is 102 cm³/mol. The van der Waals surface area contributed by atoms with Crippen LogP contribution in [0.3, 0.4) is 0 Å². The molecule has 2 aromatic carbocycles. The summed E-state index contributed by atoms with van der Waals surface area (Å²) < 4.78 is 1.66. The lowest BCUT2D eigenvalue weighted by molar-refractivity contribution is 0.102. The molecular formula is C20H21N5O. The fourth-order valence-corrected chi connectivity index (χ4v) is 3.29. The highest BCUT2D eigenvalue weighted by molar-refractivity contribution is 6.06. The summed E-state index contributed by atoms with van der Waals surface area (Å²) in [5.41, 5.74) is 3.44. The number of carbonyl (C=O) groups excluding carboxylic acids is 1. The summed E-state index contributed by atoms with van der Waals surface area (Å²) in [7, 11) is 0. The third-order valence-corrected chi connectivity index (χ3v) is 4.66. The van der Waals surface area contributed by atoms with Crippen LogP contribution in [0, 0.1) is 0 Å². The molecule has 1 saturated heterocycles. The average Bonchev–Trinajstić information content (AvgIpc) is 3.24. The van der Waals surface area contributed by atoms with Crippen molar-refractivity contribution in [2.75, 3.05) is 23.3 Å². The van der Waals surface area contributed by atoms with Crippen LogP contribution < -0.4 is 10.2 Å². The molecule has 1 fully saturated rings. The zero-order chi connectivity index (χ0) is 17.8. The van der Waals surface area contributed by atoms with Gasteiger partial charge >= 0.3 is 0 Å². The van der Waals surface area contributed by atoms with E-state index in [9.17, 15) is 4.79 Å². The van der Waals surface area contributed by atoms with Crippen LogP contribution in [0.4, 0.5) is 11.4 Å². The third kappa shape index (κ3) is 3.44. The first-order chi connectivity index (χ1) is 12.8. The van der Waals surface area contributed by atoms with E-state index < -0.39 is 0 Å². The summed E-state index contributed by atoms with van der Waals surface area (Å²) in [6.45, 7) is 2.08. The van der Waals surface area contributed by atoms with Crippen LogP contribution >= 0.6 is 0 Å². The Morgan fingerprint density at radius 2 is 1.73 bits per heavy atom. The van der Waals surface area contributed by atoms with Crippen LogP contribution in [0.15, 0.2) is 61.2 Å². The number of rotatable bonds is 4. The lowest BCUT2D eigenvalue weighted by Crippen LogP contribution is -2.30. The van der Waals surface area contributed by atoms with Gasteiger partial charge in [0, 0.05) is 18.7 Å². The molecule has 1 aliphatic rings. The molecule has 1 aliphatic heterocycles. The van der Waals surface area contributed by atoms with Crippen molar-refractivity contribution >= 4 is 17.3 Å². The first-order valence-electron chi connectivity index (χ1n) is 8.92. The number of nitrogens with one attached hydrogen (secondary N) is 1. The summed E-state index contributed by atoms with van der Waals surface area (Å²) in [5, 5.41) is 7.15. The monoisotopic (exact) mass is 347 g/mol. The molecule has 26 heavy (non-hydrogen) atoms. The molecule has 1 amide bonds. The van der Waals surface area contributed by atoms with Crippen molar-refractivity contribution in [1.29, 1.82) is 0 Å². The third-order valence-electron chi connectivity index (χ3n) is 4.66. The van der Waals surface area contributed by atoms with Gasteiger partial charge in [-0.25, -0.2) is 9.67 Å². The Labute approximate surface area is 152 Å². The van der Waals surface area contributed by atoms with E-state index in [2.05, 4.69) is 26.4 Å². The van der Waals surface area contributed by atoms with Crippen molar-refractivity contribution < 1.29 is 4.79 Å². The van der Waals surface area contributed by atoms with E-state index >= 15 is 0 Å². The average molecular weight is 347 g/mol. The maximum atomic E-state index is 12.7. The molecule has 1 N–H and O–H groups in total. The van der Waals surface area contributed by atoms with Gasteiger partial charge < -0.3 is 10.2 Å². The topological polar surface area (TPSA) is 63.1 Å². The molecule has 0 spiro atoms. The van der Waals surface area contributed by atoms with Gasteiger partial charge in [0.15, 0.2) is 0 Å². The molecule has 3 aromatic rings. The summed E-state index contributed by atoms with van der Waals surface area (Å²) >= 11 is 0. The highest BCUT2D eigenvalue weighted by Crippen LogP contribution is 2.28. The molecule has 0 bridgehead atoms. The van der Waals surface area contributed by atoms with Crippen LogP contribution in [-0.4, -0.2) is 33.8 Å². The minimum Gasteiger partial charge on any atom is -0.370 e. The first kappa shape index (κ1) is 16.3. The summed E-state index contributed by atoms with van der Waals surface area (Å²) in [6, 6.07) is 15.3. The van der Waals surface area contributed by atoms with Crippen LogP contribution in [-0.2, 0) is 0 Å². The standard InChI is InChI=1S/C20H21N5O/c26-20(16-8-10-17(11-9-16)25-15-21-14-22-25)23-18-6-2-3-7-19(18)24-12-4-1-5-13-24/h2-3,6-11,14-15H,1,4-5,12-13H2,(H,23,26). The summed E-state index contributed by atoms with van der Waals surface area (Å²) in [6.07, 6.45) is 6.79. The molecule has 2 heterocycles. The number of benzene rings is 2. The van der Waals surface area contributed by atoms with Crippen molar-refractivity contribution in [1.82, 2.24) is 14.8 Å². The first-order valence-corrected chi connectivity index (χ1v) is 8.92. The van der Waals surface area contributed by atoms with E-state index in [1.54, 1.807) is 23.1 Å². The number of hydrogen-bond acceptors (Lipinski definition) is 4. The van der Waals surface area contributed by atoms with Crippen molar-refractivity contribution in [3.8, 4) is 5.69 Å².